The van der Waals surface area contributed by atoms with Crippen molar-refractivity contribution in [1.82, 2.24) is 25.2 Å². The van der Waals surface area contributed by atoms with Gasteiger partial charge in [-0.3, -0.25) is 0 Å². The highest BCUT2D eigenvalue weighted by Gasteiger charge is 2.18. The molecule has 3 rings (SSSR count). The van der Waals surface area contributed by atoms with Crippen molar-refractivity contribution in [3.05, 3.63) is 46.2 Å². The van der Waals surface area contributed by atoms with Crippen LogP contribution in [0.25, 0.3) is 11.3 Å². The Kier molecular flexibility index (Phi) is 4.13. The average Bonchev–Trinajstić information content (AvgIpc) is 3.18. The van der Waals surface area contributed by atoms with Gasteiger partial charge in [-0.15, -0.1) is 15.3 Å². The molecule has 6 nitrogen and oxygen atoms in total. The van der Waals surface area contributed by atoms with Crippen LogP contribution in [0.5, 0.6) is 0 Å². The normalized spacial score (nSPS) is 12.5. The molecule has 0 spiro atoms. The second-order valence-electron chi connectivity index (χ2n) is 4.75. The van der Waals surface area contributed by atoms with Crippen molar-refractivity contribution in [3.63, 3.8) is 0 Å². The highest BCUT2D eigenvalue weighted by molar-refractivity contribution is 6.43. The highest BCUT2D eigenvalue weighted by Crippen LogP contribution is 2.32. The molecular weight excluding hydrogens is 325 g/mol. The summed E-state index contributed by atoms with van der Waals surface area (Å²) in [6, 6.07) is 5.17. The van der Waals surface area contributed by atoms with Gasteiger partial charge in [0, 0.05) is 12.0 Å². The molecule has 0 radical (unpaired) electrons. The molecule has 114 valence electrons. The van der Waals surface area contributed by atoms with Crippen molar-refractivity contribution in [2.75, 3.05) is 0 Å². The summed E-state index contributed by atoms with van der Waals surface area (Å²) < 4.78 is 7.20. The minimum Gasteiger partial charge on any atom is -0.423 e. The lowest BCUT2D eigenvalue weighted by Gasteiger charge is -2.05. The quantitative estimate of drug-likeness (QED) is 0.723. The second-order valence-corrected chi connectivity index (χ2v) is 5.53. The predicted octanol–water partition coefficient (Wildman–Crippen LogP) is 3.81. The number of aromatic nitrogens is 5. The Morgan fingerprint density at radius 3 is 2.77 bits per heavy atom. The summed E-state index contributed by atoms with van der Waals surface area (Å²) in [7, 11) is 0. The second kappa shape index (κ2) is 6.06. The van der Waals surface area contributed by atoms with Crippen LogP contribution in [0.3, 0.4) is 0 Å². The van der Waals surface area contributed by atoms with E-state index in [2.05, 4.69) is 20.5 Å². The molecule has 0 aliphatic heterocycles. The Labute approximate surface area is 137 Å². The Morgan fingerprint density at radius 1 is 1.23 bits per heavy atom. The number of aryl methyl sites for hydroxylation is 1. The fourth-order valence-corrected chi connectivity index (χ4v) is 2.38. The largest absolute Gasteiger partial charge is 0.423 e. The maximum Gasteiger partial charge on any atom is 0.240 e. The summed E-state index contributed by atoms with van der Waals surface area (Å²) in [6.45, 7) is 3.86. The van der Waals surface area contributed by atoms with Crippen molar-refractivity contribution in [2.45, 2.75) is 26.3 Å². The van der Waals surface area contributed by atoms with E-state index in [0.29, 0.717) is 33.9 Å². The first-order chi connectivity index (χ1) is 10.6. The topological polar surface area (TPSA) is 69.6 Å². The zero-order chi connectivity index (χ0) is 15.7. The van der Waals surface area contributed by atoms with Crippen molar-refractivity contribution >= 4 is 23.2 Å². The summed E-state index contributed by atoms with van der Waals surface area (Å²) in [4.78, 5) is 0. The number of hydrogen-bond donors (Lipinski definition) is 0. The van der Waals surface area contributed by atoms with Gasteiger partial charge in [0.1, 0.15) is 11.7 Å². The molecule has 8 heteroatoms. The molecule has 1 atom stereocenters. The van der Waals surface area contributed by atoms with E-state index in [9.17, 15) is 0 Å². The monoisotopic (exact) mass is 337 g/mol. The van der Waals surface area contributed by atoms with Crippen LogP contribution in [-0.2, 0) is 6.42 Å². The van der Waals surface area contributed by atoms with Gasteiger partial charge in [0.05, 0.1) is 16.2 Å². The molecule has 1 unspecified atom stereocenters. The summed E-state index contributed by atoms with van der Waals surface area (Å²) in [6.07, 6.45) is 2.47. The summed E-state index contributed by atoms with van der Waals surface area (Å²) >= 11 is 12.2. The number of hydrogen-bond acceptors (Lipinski definition) is 5. The van der Waals surface area contributed by atoms with Crippen LogP contribution < -0.4 is 0 Å². The van der Waals surface area contributed by atoms with Gasteiger partial charge >= 0.3 is 0 Å². The Bertz CT molecular complexity index is 798. The molecule has 2 aromatic heterocycles. The van der Waals surface area contributed by atoms with Crippen LogP contribution in [-0.4, -0.2) is 25.2 Å². The third-order valence-corrected chi connectivity index (χ3v) is 4.10. The molecule has 0 aliphatic carbocycles. The fourth-order valence-electron chi connectivity index (χ4n) is 1.98. The number of benzene rings is 1. The molecule has 22 heavy (non-hydrogen) atoms. The Morgan fingerprint density at radius 2 is 2.05 bits per heavy atom. The first-order valence-corrected chi connectivity index (χ1v) is 7.54. The van der Waals surface area contributed by atoms with Crippen LogP contribution in [0, 0.1) is 0 Å². The van der Waals surface area contributed by atoms with E-state index in [1.54, 1.807) is 16.9 Å². The van der Waals surface area contributed by atoms with E-state index in [0.717, 1.165) is 5.56 Å². The SMILES string of the molecule is CCc1nnc(C(C)n2cc(-c3cccc(Cl)c3Cl)nn2)o1. The first-order valence-electron chi connectivity index (χ1n) is 6.78. The van der Waals surface area contributed by atoms with E-state index >= 15 is 0 Å². The van der Waals surface area contributed by atoms with Gasteiger partial charge in [0.15, 0.2) is 0 Å². The van der Waals surface area contributed by atoms with Crippen LogP contribution >= 0.6 is 23.2 Å². The van der Waals surface area contributed by atoms with E-state index in [1.165, 1.54) is 0 Å². The maximum atomic E-state index is 6.21. The van der Waals surface area contributed by atoms with Gasteiger partial charge in [0.2, 0.25) is 11.8 Å². The van der Waals surface area contributed by atoms with Crippen LogP contribution in [0.15, 0.2) is 28.8 Å². The van der Waals surface area contributed by atoms with Crippen molar-refractivity contribution < 1.29 is 4.42 Å². The molecule has 0 fully saturated rings. The van der Waals surface area contributed by atoms with Crippen molar-refractivity contribution in [1.29, 1.82) is 0 Å². The van der Waals surface area contributed by atoms with Gasteiger partial charge in [-0.05, 0) is 13.0 Å². The van der Waals surface area contributed by atoms with Crippen LogP contribution in [0.1, 0.15) is 31.7 Å². The van der Waals surface area contributed by atoms with Gasteiger partial charge in [0.25, 0.3) is 0 Å². The van der Waals surface area contributed by atoms with E-state index in [1.807, 2.05) is 26.0 Å². The molecule has 0 bridgehead atoms. The lowest BCUT2D eigenvalue weighted by atomic mass is 10.2. The molecule has 0 saturated heterocycles. The maximum absolute atomic E-state index is 6.21. The number of halogens is 2. The Hall–Kier alpha value is -1.92. The van der Waals surface area contributed by atoms with Crippen LogP contribution in [0.4, 0.5) is 0 Å². The molecule has 0 saturated carbocycles. The van der Waals surface area contributed by atoms with Gasteiger partial charge in [-0.1, -0.05) is 47.5 Å². The van der Waals surface area contributed by atoms with E-state index in [4.69, 9.17) is 27.6 Å². The summed E-state index contributed by atoms with van der Waals surface area (Å²) in [5.41, 5.74) is 1.36. The highest BCUT2D eigenvalue weighted by atomic mass is 35.5. The number of rotatable bonds is 4. The zero-order valence-corrected chi connectivity index (χ0v) is 13.5. The average molecular weight is 338 g/mol. The minimum atomic E-state index is -0.216. The smallest absolute Gasteiger partial charge is 0.240 e. The molecular formula is C14H13Cl2N5O. The van der Waals surface area contributed by atoms with E-state index < -0.39 is 0 Å². The lowest BCUT2D eigenvalue weighted by Crippen LogP contribution is -2.07. The van der Waals surface area contributed by atoms with Gasteiger partial charge < -0.3 is 4.42 Å². The lowest BCUT2D eigenvalue weighted by molar-refractivity contribution is 0.386. The molecule has 2 heterocycles. The third kappa shape index (κ3) is 2.71. The van der Waals surface area contributed by atoms with Crippen molar-refractivity contribution in [3.8, 4) is 11.3 Å². The third-order valence-electron chi connectivity index (χ3n) is 3.28. The molecule has 0 amide bonds. The standard InChI is InChI=1S/C14H13Cl2N5O/c1-3-12-18-19-14(22-12)8(2)21-7-11(17-20-21)9-5-4-6-10(15)13(9)16/h4-8H,3H2,1-2H3. The van der Waals surface area contributed by atoms with E-state index in [-0.39, 0.29) is 6.04 Å². The van der Waals surface area contributed by atoms with Crippen molar-refractivity contribution in [2.24, 2.45) is 0 Å². The molecule has 1 aromatic carbocycles. The van der Waals surface area contributed by atoms with Gasteiger partial charge in [-0.25, -0.2) is 4.68 Å². The minimum absolute atomic E-state index is 0.216. The first kappa shape index (κ1) is 15.0. The molecule has 3 aromatic rings. The van der Waals surface area contributed by atoms with Crippen LogP contribution in [0.2, 0.25) is 10.0 Å². The number of nitrogens with zero attached hydrogens (tertiary/aromatic N) is 5. The summed E-state index contributed by atoms with van der Waals surface area (Å²) in [5, 5.41) is 17.2. The Balaban J connectivity index is 1.91. The predicted molar refractivity (Wildman–Crippen MR) is 83.0 cm³/mol. The molecule has 0 aliphatic rings. The van der Waals surface area contributed by atoms with Gasteiger partial charge in [-0.2, -0.15) is 0 Å². The molecule has 0 N–H and O–H groups in total. The fraction of sp³-hybridized carbons (Fsp3) is 0.286. The summed E-state index contributed by atoms with van der Waals surface area (Å²) in [5.74, 6) is 1.09. The zero-order valence-electron chi connectivity index (χ0n) is 12.0.